The van der Waals surface area contributed by atoms with Gasteiger partial charge in [-0.15, -0.1) is 0 Å². The van der Waals surface area contributed by atoms with Crippen molar-refractivity contribution in [2.75, 3.05) is 6.61 Å². The zero-order valence-electron chi connectivity index (χ0n) is 11.4. The van der Waals surface area contributed by atoms with E-state index < -0.39 is 17.0 Å². The summed E-state index contributed by atoms with van der Waals surface area (Å²) in [7, 11) is 0. The average Bonchev–Trinajstić information content (AvgIpc) is 2.43. The molecule has 0 radical (unpaired) electrons. The molecule has 0 aliphatic carbocycles. The molecule has 20 heavy (non-hydrogen) atoms. The normalized spacial score (nSPS) is 12.0. The van der Waals surface area contributed by atoms with Crippen LogP contribution in [0.3, 0.4) is 0 Å². The van der Waals surface area contributed by atoms with Gasteiger partial charge in [0, 0.05) is 12.1 Å². The number of aliphatic hydroxyl groups excluding tert-OH is 1. The molecule has 1 aromatic carbocycles. The van der Waals surface area contributed by atoms with Crippen molar-refractivity contribution < 1.29 is 19.6 Å². The highest BCUT2D eigenvalue weighted by molar-refractivity contribution is 5.89. The third-order valence-corrected chi connectivity index (χ3v) is 2.56. The van der Waals surface area contributed by atoms with Crippen molar-refractivity contribution in [3.05, 3.63) is 52.1 Å². The van der Waals surface area contributed by atoms with E-state index in [2.05, 4.69) is 6.58 Å². The number of nitro groups is 1. The predicted molar refractivity (Wildman–Crippen MR) is 73.0 cm³/mol. The molecule has 6 heteroatoms. The molecule has 0 aliphatic heterocycles. The zero-order valence-corrected chi connectivity index (χ0v) is 11.4. The Balaban J connectivity index is 2.73. The first-order chi connectivity index (χ1) is 9.32. The number of carbonyl (C=O) groups is 1. The van der Waals surface area contributed by atoms with Crippen LogP contribution in [0.5, 0.6) is 0 Å². The molecule has 1 aromatic rings. The Bertz CT molecular complexity index is 507. The molecule has 0 spiro atoms. The van der Waals surface area contributed by atoms with Gasteiger partial charge in [0.1, 0.15) is 6.10 Å². The number of nitro benzene ring substituents is 1. The van der Waals surface area contributed by atoms with E-state index in [9.17, 15) is 20.0 Å². The van der Waals surface area contributed by atoms with Crippen LogP contribution in [-0.4, -0.2) is 22.6 Å². The van der Waals surface area contributed by atoms with Crippen LogP contribution in [0, 0.1) is 16.0 Å². The van der Waals surface area contributed by atoms with Crippen LogP contribution in [0.2, 0.25) is 0 Å². The van der Waals surface area contributed by atoms with Gasteiger partial charge in [-0.1, -0.05) is 20.4 Å². The van der Waals surface area contributed by atoms with Crippen LogP contribution in [0.4, 0.5) is 5.69 Å². The first-order valence-corrected chi connectivity index (χ1v) is 6.11. The molecular weight excluding hydrogens is 262 g/mol. The van der Waals surface area contributed by atoms with Crippen LogP contribution in [0.25, 0.3) is 0 Å². The van der Waals surface area contributed by atoms with Crippen molar-refractivity contribution in [3.8, 4) is 0 Å². The van der Waals surface area contributed by atoms with Crippen LogP contribution in [0.15, 0.2) is 36.4 Å². The van der Waals surface area contributed by atoms with Crippen LogP contribution in [-0.2, 0) is 9.53 Å². The Morgan fingerprint density at radius 3 is 2.40 bits per heavy atom. The number of ether oxygens (including phenoxy) is 1. The molecule has 0 aliphatic rings. The molecule has 6 nitrogen and oxygen atoms in total. The number of hydrogen-bond donors (Lipinski definition) is 1. The maximum absolute atomic E-state index is 11.6. The van der Waals surface area contributed by atoms with Crippen molar-refractivity contribution in [2.24, 2.45) is 5.92 Å². The SMILES string of the molecule is C=C(C(=O)OCC(C)C)C(O)c1ccc([N+](=O)[O-])cc1. The van der Waals surface area contributed by atoms with Crippen molar-refractivity contribution in [1.29, 1.82) is 0 Å². The Morgan fingerprint density at radius 2 is 1.95 bits per heavy atom. The molecule has 1 rings (SSSR count). The predicted octanol–water partition coefficient (Wildman–Crippen LogP) is 2.38. The van der Waals surface area contributed by atoms with Crippen molar-refractivity contribution >= 4 is 11.7 Å². The van der Waals surface area contributed by atoms with E-state index in [-0.39, 0.29) is 23.8 Å². The van der Waals surface area contributed by atoms with E-state index >= 15 is 0 Å². The molecule has 0 fully saturated rings. The molecule has 0 amide bonds. The molecule has 1 unspecified atom stereocenters. The minimum atomic E-state index is -1.24. The number of hydrogen-bond acceptors (Lipinski definition) is 5. The van der Waals surface area contributed by atoms with Gasteiger partial charge in [-0.25, -0.2) is 4.79 Å². The fourth-order valence-electron chi connectivity index (χ4n) is 1.43. The highest BCUT2D eigenvalue weighted by Crippen LogP contribution is 2.23. The van der Waals surface area contributed by atoms with Crippen LogP contribution >= 0.6 is 0 Å². The summed E-state index contributed by atoms with van der Waals surface area (Å²) in [6.45, 7) is 7.53. The summed E-state index contributed by atoms with van der Waals surface area (Å²) < 4.78 is 4.96. The van der Waals surface area contributed by atoms with Gasteiger partial charge in [-0.2, -0.15) is 0 Å². The Morgan fingerprint density at radius 1 is 1.40 bits per heavy atom. The first kappa shape index (κ1) is 15.8. The highest BCUT2D eigenvalue weighted by Gasteiger charge is 2.20. The summed E-state index contributed by atoms with van der Waals surface area (Å²) in [4.78, 5) is 21.6. The van der Waals surface area contributed by atoms with Gasteiger partial charge in [0.2, 0.25) is 0 Å². The third kappa shape index (κ3) is 4.17. The molecule has 0 saturated carbocycles. The number of esters is 1. The smallest absolute Gasteiger partial charge is 0.336 e. The Kier molecular flexibility index (Phi) is 5.40. The van der Waals surface area contributed by atoms with Crippen molar-refractivity contribution in [1.82, 2.24) is 0 Å². The molecule has 0 heterocycles. The first-order valence-electron chi connectivity index (χ1n) is 6.11. The topological polar surface area (TPSA) is 89.7 Å². The average molecular weight is 279 g/mol. The van der Waals surface area contributed by atoms with E-state index in [0.717, 1.165) is 0 Å². The third-order valence-electron chi connectivity index (χ3n) is 2.56. The second-order valence-electron chi connectivity index (χ2n) is 4.77. The van der Waals surface area contributed by atoms with E-state index in [4.69, 9.17) is 4.74 Å². The summed E-state index contributed by atoms with van der Waals surface area (Å²) in [6.07, 6.45) is -1.24. The van der Waals surface area contributed by atoms with E-state index in [1.54, 1.807) is 0 Å². The minimum Gasteiger partial charge on any atom is -0.462 e. The van der Waals surface area contributed by atoms with Gasteiger partial charge in [0.15, 0.2) is 0 Å². The summed E-state index contributed by atoms with van der Waals surface area (Å²) in [5, 5.41) is 20.5. The van der Waals surface area contributed by atoms with E-state index in [1.165, 1.54) is 24.3 Å². The lowest BCUT2D eigenvalue weighted by Crippen LogP contribution is -2.16. The van der Waals surface area contributed by atoms with Crippen LogP contribution in [0.1, 0.15) is 25.5 Å². The van der Waals surface area contributed by atoms with Crippen LogP contribution < -0.4 is 0 Å². The van der Waals surface area contributed by atoms with Gasteiger partial charge < -0.3 is 9.84 Å². The van der Waals surface area contributed by atoms with Crippen molar-refractivity contribution in [3.63, 3.8) is 0 Å². The maximum atomic E-state index is 11.6. The number of rotatable bonds is 6. The van der Waals surface area contributed by atoms with Gasteiger partial charge in [0.25, 0.3) is 5.69 Å². The largest absolute Gasteiger partial charge is 0.462 e. The molecule has 0 aromatic heterocycles. The number of non-ortho nitro benzene ring substituents is 1. The van der Waals surface area contributed by atoms with Gasteiger partial charge in [-0.3, -0.25) is 10.1 Å². The number of carbonyl (C=O) groups excluding carboxylic acids is 1. The standard InChI is InChI=1S/C14H17NO5/c1-9(2)8-20-14(17)10(3)13(16)11-4-6-12(7-5-11)15(18)19/h4-7,9,13,16H,3,8H2,1-2H3. The number of nitrogens with zero attached hydrogens (tertiary/aromatic N) is 1. The van der Waals surface area contributed by atoms with E-state index in [0.29, 0.717) is 5.56 Å². The molecule has 0 bridgehead atoms. The molecule has 1 N–H and O–H groups in total. The fraction of sp³-hybridized carbons (Fsp3) is 0.357. The number of aliphatic hydroxyl groups is 1. The highest BCUT2D eigenvalue weighted by atomic mass is 16.6. The second kappa shape index (κ2) is 6.81. The van der Waals surface area contributed by atoms with Crippen molar-refractivity contribution in [2.45, 2.75) is 20.0 Å². The lowest BCUT2D eigenvalue weighted by molar-refractivity contribution is -0.384. The number of benzene rings is 1. The summed E-state index contributed by atoms with van der Waals surface area (Å²) in [6, 6.07) is 5.27. The fourth-order valence-corrected chi connectivity index (χ4v) is 1.43. The molecule has 1 atom stereocenters. The van der Waals surface area contributed by atoms with Gasteiger partial charge in [-0.05, 0) is 23.6 Å². The molecule has 0 saturated heterocycles. The van der Waals surface area contributed by atoms with E-state index in [1.807, 2.05) is 13.8 Å². The minimum absolute atomic E-state index is 0.0889. The summed E-state index contributed by atoms with van der Waals surface area (Å²) in [5.74, 6) is -0.493. The van der Waals surface area contributed by atoms with Gasteiger partial charge in [0.05, 0.1) is 17.1 Å². The summed E-state index contributed by atoms with van der Waals surface area (Å²) >= 11 is 0. The Labute approximate surface area is 116 Å². The maximum Gasteiger partial charge on any atom is 0.336 e. The molecular formula is C14H17NO5. The second-order valence-corrected chi connectivity index (χ2v) is 4.77. The Hall–Kier alpha value is -2.21. The summed E-state index contributed by atoms with van der Waals surface area (Å²) in [5.41, 5.74) is 0.163. The quantitative estimate of drug-likeness (QED) is 0.374. The lowest BCUT2D eigenvalue weighted by Gasteiger charge is -2.14. The van der Waals surface area contributed by atoms with Gasteiger partial charge >= 0.3 is 5.97 Å². The zero-order chi connectivity index (χ0) is 15.3. The molecule has 108 valence electrons. The monoisotopic (exact) mass is 279 g/mol. The lowest BCUT2D eigenvalue weighted by atomic mass is 10.0.